The van der Waals surface area contributed by atoms with Crippen LogP contribution in [0.15, 0.2) is 60.7 Å². The Morgan fingerprint density at radius 3 is 1.81 bits per heavy atom. The summed E-state index contributed by atoms with van der Waals surface area (Å²) in [6.45, 7) is -1.27. The predicted octanol–water partition coefficient (Wildman–Crippen LogP) is 3.04. The molecule has 0 aliphatic rings. The van der Waals surface area contributed by atoms with Crippen molar-refractivity contribution in [3.8, 4) is 0 Å². The van der Waals surface area contributed by atoms with Crippen LogP contribution in [0.2, 0.25) is 0 Å². The molecule has 4 heteroatoms. The molecule has 0 spiro atoms. The van der Waals surface area contributed by atoms with Crippen molar-refractivity contribution in [2.24, 2.45) is 0 Å². The number of hydrogen-bond donors (Lipinski definition) is 2. The molecule has 0 unspecified atom stereocenters. The highest BCUT2D eigenvalue weighted by molar-refractivity contribution is 5.32. The van der Waals surface area contributed by atoms with Crippen molar-refractivity contribution < 1.29 is 13.9 Å². The number of aliphatic hydroxyl groups excluding tert-OH is 1. The van der Waals surface area contributed by atoms with E-state index in [-0.39, 0.29) is 5.92 Å². The summed E-state index contributed by atoms with van der Waals surface area (Å²) in [7, 11) is 0. The van der Waals surface area contributed by atoms with Crippen LogP contribution in [0, 0.1) is 0 Å². The van der Waals surface area contributed by atoms with Crippen LogP contribution in [-0.2, 0) is 0 Å². The number of aliphatic hydroxyl groups is 1. The Bertz CT molecular complexity index is 492. The molecule has 0 aliphatic heterocycles. The Hall–Kier alpha value is -1.78. The van der Waals surface area contributed by atoms with Crippen molar-refractivity contribution >= 4 is 0 Å². The quantitative estimate of drug-likeness (QED) is 0.822. The van der Waals surface area contributed by atoms with Gasteiger partial charge >= 0.3 is 0 Å². The molecular formula is C17H19F2NO. The van der Waals surface area contributed by atoms with Gasteiger partial charge in [-0.05, 0) is 11.1 Å². The molecule has 2 N–H and O–H groups in total. The van der Waals surface area contributed by atoms with E-state index in [0.29, 0.717) is 6.54 Å². The molecule has 112 valence electrons. The molecule has 2 nitrogen and oxygen atoms in total. The van der Waals surface area contributed by atoms with Gasteiger partial charge in [0.05, 0.1) is 6.54 Å². The van der Waals surface area contributed by atoms with Gasteiger partial charge in [0.25, 0.3) is 5.92 Å². The molecule has 0 atom stereocenters. The lowest BCUT2D eigenvalue weighted by atomic mass is 9.91. The van der Waals surface area contributed by atoms with E-state index in [1.54, 1.807) is 0 Å². The third-order valence-corrected chi connectivity index (χ3v) is 3.37. The van der Waals surface area contributed by atoms with Crippen molar-refractivity contribution in [2.75, 3.05) is 19.7 Å². The number of benzene rings is 2. The molecule has 0 fully saturated rings. The van der Waals surface area contributed by atoms with Crippen LogP contribution >= 0.6 is 0 Å². The minimum Gasteiger partial charge on any atom is -0.390 e. The first-order valence-electron chi connectivity index (χ1n) is 6.92. The normalized spacial score (nSPS) is 11.8. The van der Waals surface area contributed by atoms with Crippen molar-refractivity contribution in [1.82, 2.24) is 5.32 Å². The van der Waals surface area contributed by atoms with Gasteiger partial charge in [0.2, 0.25) is 0 Å². The Kier molecular flexibility index (Phi) is 5.42. The first-order valence-corrected chi connectivity index (χ1v) is 6.92. The number of nitrogens with one attached hydrogen (secondary N) is 1. The summed E-state index contributed by atoms with van der Waals surface area (Å²) in [4.78, 5) is 0. The van der Waals surface area contributed by atoms with E-state index in [0.717, 1.165) is 11.1 Å². The number of rotatable bonds is 7. The molecule has 0 saturated carbocycles. The molecule has 0 radical (unpaired) electrons. The second-order valence-corrected chi connectivity index (χ2v) is 5.02. The zero-order valence-corrected chi connectivity index (χ0v) is 11.7. The van der Waals surface area contributed by atoms with Crippen LogP contribution in [-0.4, -0.2) is 30.7 Å². The lowest BCUT2D eigenvalue weighted by Crippen LogP contribution is -2.37. The zero-order chi connectivity index (χ0) is 15.1. The van der Waals surface area contributed by atoms with Crippen LogP contribution in [0.5, 0.6) is 0 Å². The van der Waals surface area contributed by atoms with E-state index >= 15 is 0 Å². The summed E-state index contributed by atoms with van der Waals surface area (Å²) < 4.78 is 26.2. The van der Waals surface area contributed by atoms with Gasteiger partial charge in [0.1, 0.15) is 6.61 Å². The zero-order valence-electron chi connectivity index (χ0n) is 11.7. The van der Waals surface area contributed by atoms with Gasteiger partial charge in [-0.25, -0.2) is 8.78 Å². The molecule has 2 aromatic carbocycles. The summed E-state index contributed by atoms with van der Waals surface area (Å²) in [6.07, 6.45) is 0. The molecule has 0 bridgehead atoms. The summed E-state index contributed by atoms with van der Waals surface area (Å²) in [5.74, 6) is -3.08. The molecular weight excluding hydrogens is 272 g/mol. The highest BCUT2D eigenvalue weighted by atomic mass is 19.3. The molecule has 0 saturated heterocycles. The van der Waals surface area contributed by atoms with E-state index in [9.17, 15) is 8.78 Å². The highest BCUT2D eigenvalue weighted by Gasteiger charge is 2.27. The number of hydrogen-bond acceptors (Lipinski definition) is 2. The van der Waals surface area contributed by atoms with Gasteiger partial charge in [-0.3, -0.25) is 0 Å². The minimum atomic E-state index is -3.09. The fraction of sp³-hybridized carbons (Fsp3) is 0.294. The number of alkyl halides is 2. The van der Waals surface area contributed by atoms with Crippen LogP contribution < -0.4 is 5.32 Å². The van der Waals surface area contributed by atoms with E-state index in [1.165, 1.54) is 0 Å². The smallest absolute Gasteiger partial charge is 0.282 e. The second kappa shape index (κ2) is 7.29. The van der Waals surface area contributed by atoms with Gasteiger partial charge in [-0.1, -0.05) is 60.7 Å². The Morgan fingerprint density at radius 2 is 1.38 bits per heavy atom. The average Bonchev–Trinajstić information content (AvgIpc) is 2.53. The van der Waals surface area contributed by atoms with Crippen LogP contribution in [0.3, 0.4) is 0 Å². The first-order chi connectivity index (χ1) is 10.1. The molecule has 2 rings (SSSR count). The van der Waals surface area contributed by atoms with Crippen LogP contribution in [0.25, 0.3) is 0 Å². The number of halogens is 2. The van der Waals surface area contributed by atoms with Crippen molar-refractivity contribution in [3.05, 3.63) is 71.8 Å². The molecule has 0 heterocycles. The molecule has 21 heavy (non-hydrogen) atoms. The maximum Gasteiger partial charge on any atom is 0.282 e. The van der Waals surface area contributed by atoms with Crippen molar-refractivity contribution in [3.63, 3.8) is 0 Å². The fourth-order valence-corrected chi connectivity index (χ4v) is 2.25. The summed E-state index contributed by atoms with van der Waals surface area (Å²) in [5, 5.41) is 11.4. The first kappa shape index (κ1) is 15.6. The average molecular weight is 291 g/mol. The fourth-order valence-electron chi connectivity index (χ4n) is 2.25. The largest absolute Gasteiger partial charge is 0.390 e. The summed E-state index contributed by atoms with van der Waals surface area (Å²) in [5.41, 5.74) is 2.15. The highest BCUT2D eigenvalue weighted by Crippen LogP contribution is 2.24. The van der Waals surface area contributed by atoms with E-state index in [4.69, 9.17) is 5.11 Å². The topological polar surface area (TPSA) is 32.3 Å². The Labute approximate surface area is 123 Å². The van der Waals surface area contributed by atoms with E-state index in [1.807, 2.05) is 60.7 Å². The van der Waals surface area contributed by atoms with E-state index < -0.39 is 19.1 Å². The standard InChI is InChI=1S/C17H19F2NO/c18-17(19,13-21)12-20-11-16(14-7-3-1-4-8-14)15-9-5-2-6-10-15/h1-10,16,20-21H,11-13H2. The van der Waals surface area contributed by atoms with Crippen molar-refractivity contribution in [1.29, 1.82) is 0 Å². The predicted molar refractivity (Wildman–Crippen MR) is 79.6 cm³/mol. The van der Waals surface area contributed by atoms with Gasteiger partial charge in [0, 0.05) is 12.5 Å². The van der Waals surface area contributed by atoms with Gasteiger partial charge < -0.3 is 10.4 Å². The van der Waals surface area contributed by atoms with Crippen LogP contribution in [0.1, 0.15) is 17.0 Å². The maximum atomic E-state index is 13.1. The maximum absolute atomic E-state index is 13.1. The van der Waals surface area contributed by atoms with Crippen molar-refractivity contribution in [2.45, 2.75) is 11.8 Å². The summed E-state index contributed by atoms with van der Waals surface area (Å²) >= 11 is 0. The SMILES string of the molecule is OCC(F)(F)CNCC(c1ccccc1)c1ccccc1. The second-order valence-electron chi connectivity index (χ2n) is 5.02. The lowest BCUT2D eigenvalue weighted by Gasteiger charge is -2.21. The van der Waals surface area contributed by atoms with Gasteiger partial charge in [-0.15, -0.1) is 0 Å². The molecule has 0 aliphatic carbocycles. The molecule has 2 aromatic rings. The monoisotopic (exact) mass is 291 g/mol. The lowest BCUT2D eigenvalue weighted by molar-refractivity contribution is -0.0475. The third kappa shape index (κ3) is 4.62. The Balaban J connectivity index is 2.11. The van der Waals surface area contributed by atoms with Gasteiger partial charge in [0.15, 0.2) is 0 Å². The summed E-state index contributed by atoms with van der Waals surface area (Å²) in [6, 6.07) is 19.6. The molecule has 0 amide bonds. The van der Waals surface area contributed by atoms with E-state index in [2.05, 4.69) is 5.32 Å². The van der Waals surface area contributed by atoms with Gasteiger partial charge in [-0.2, -0.15) is 0 Å². The minimum absolute atomic E-state index is 0.00175. The Morgan fingerprint density at radius 1 is 0.905 bits per heavy atom. The van der Waals surface area contributed by atoms with Crippen LogP contribution in [0.4, 0.5) is 8.78 Å². The molecule has 0 aromatic heterocycles. The third-order valence-electron chi connectivity index (χ3n) is 3.37.